The molecule has 40 heavy (non-hydrogen) atoms. The SMILES string of the molecule is CCCNC(=O)[C@@H](CC)N(CCc1ccccc1)C(=O)CN(c1ccc(C)cc1)S(=O)(=O)c1ccc(OC)cc1. The number of anilines is 1. The summed E-state index contributed by atoms with van der Waals surface area (Å²) in [5.74, 6) is -0.175. The Morgan fingerprint density at radius 3 is 2.15 bits per heavy atom. The van der Waals surface area contributed by atoms with Gasteiger partial charge in [-0.05, 0) is 68.1 Å². The number of nitrogens with zero attached hydrogens (tertiary/aromatic N) is 2. The van der Waals surface area contributed by atoms with Crippen LogP contribution in [0.25, 0.3) is 0 Å². The van der Waals surface area contributed by atoms with E-state index in [2.05, 4.69) is 5.32 Å². The maximum Gasteiger partial charge on any atom is 0.264 e. The molecule has 3 rings (SSSR count). The van der Waals surface area contributed by atoms with Crippen molar-refractivity contribution in [3.63, 3.8) is 0 Å². The van der Waals surface area contributed by atoms with Crippen LogP contribution in [0.5, 0.6) is 5.75 Å². The van der Waals surface area contributed by atoms with Crippen LogP contribution >= 0.6 is 0 Å². The molecule has 0 aliphatic rings. The number of aryl methyl sites for hydroxylation is 1. The minimum absolute atomic E-state index is 0.0326. The van der Waals surface area contributed by atoms with Gasteiger partial charge in [-0.15, -0.1) is 0 Å². The summed E-state index contributed by atoms with van der Waals surface area (Å²) in [6.45, 7) is 6.03. The number of amides is 2. The van der Waals surface area contributed by atoms with Gasteiger partial charge >= 0.3 is 0 Å². The topological polar surface area (TPSA) is 96.0 Å². The normalized spacial score (nSPS) is 11.9. The maximum absolute atomic E-state index is 14.0. The third-order valence-corrected chi connectivity index (χ3v) is 8.46. The molecule has 2 amide bonds. The van der Waals surface area contributed by atoms with E-state index in [0.29, 0.717) is 30.8 Å². The molecule has 0 saturated carbocycles. The summed E-state index contributed by atoms with van der Waals surface area (Å²) in [7, 11) is -2.62. The molecule has 3 aromatic carbocycles. The minimum atomic E-state index is -4.12. The second-order valence-corrected chi connectivity index (χ2v) is 11.4. The van der Waals surface area contributed by atoms with E-state index in [0.717, 1.165) is 21.9 Å². The third-order valence-electron chi connectivity index (χ3n) is 6.67. The van der Waals surface area contributed by atoms with Gasteiger partial charge in [0.2, 0.25) is 11.8 Å². The molecule has 0 bridgehead atoms. The van der Waals surface area contributed by atoms with Gasteiger partial charge in [-0.3, -0.25) is 13.9 Å². The number of hydrogen-bond donors (Lipinski definition) is 1. The molecule has 0 unspecified atom stereocenters. The van der Waals surface area contributed by atoms with Crippen LogP contribution in [-0.2, 0) is 26.0 Å². The maximum atomic E-state index is 14.0. The Balaban J connectivity index is 1.99. The Morgan fingerprint density at radius 2 is 1.57 bits per heavy atom. The van der Waals surface area contributed by atoms with Crippen molar-refractivity contribution in [2.75, 3.05) is 31.0 Å². The Hall–Kier alpha value is -3.85. The summed E-state index contributed by atoms with van der Waals surface area (Å²) in [5.41, 5.74) is 2.34. The molecule has 0 aromatic heterocycles. The number of hydrogen-bond acceptors (Lipinski definition) is 5. The standard InChI is InChI=1S/C31H39N3O5S/c1-5-21-32-31(36)29(6-2)33(22-20-25-10-8-7-9-11-25)30(35)23-34(26-14-12-24(3)13-15-26)40(37,38)28-18-16-27(39-4)17-19-28/h7-19,29H,5-6,20-23H2,1-4H3,(H,32,36)/t29-/m1/s1. The van der Waals surface area contributed by atoms with Gasteiger partial charge in [-0.1, -0.05) is 61.9 Å². The van der Waals surface area contributed by atoms with Crippen molar-refractivity contribution in [3.8, 4) is 5.75 Å². The minimum Gasteiger partial charge on any atom is -0.497 e. The average molecular weight is 566 g/mol. The van der Waals surface area contributed by atoms with Gasteiger partial charge in [0.05, 0.1) is 17.7 Å². The molecule has 1 atom stereocenters. The Morgan fingerprint density at radius 1 is 0.925 bits per heavy atom. The lowest BCUT2D eigenvalue weighted by molar-refractivity contribution is -0.139. The average Bonchev–Trinajstić information content (AvgIpc) is 2.97. The van der Waals surface area contributed by atoms with Crippen LogP contribution in [0.3, 0.4) is 0 Å². The summed E-state index contributed by atoms with van der Waals surface area (Å²) in [5, 5.41) is 2.90. The number of benzene rings is 3. The molecule has 3 aromatic rings. The molecule has 0 aliphatic heterocycles. The van der Waals surface area contributed by atoms with E-state index < -0.39 is 28.5 Å². The summed E-state index contributed by atoms with van der Waals surface area (Å²) in [4.78, 5) is 28.7. The van der Waals surface area contributed by atoms with Gasteiger partial charge in [-0.2, -0.15) is 0 Å². The number of ether oxygens (including phenoxy) is 1. The van der Waals surface area contributed by atoms with E-state index in [4.69, 9.17) is 4.74 Å². The molecule has 9 heteroatoms. The van der Waals surface area contributed by atoms with Gasteiger partial charge in [0, 0.05) is 13.1 Å². The molecule has 0 radical (unpaired) electrons. The van der Waals surface area contributed by atoms with Crippen molar-refractivity contribution in [2.45, 2.75) is 51.0 Å². The van der Waals surface area contributed by atoms with Crippen molar-refractivity contribution in [1.29, 1.82) is 0 Å². The van der Waals surface area contributed by atoms with E-state index in [1.165, 1.54) is 24.1 Å². The lowest BCUT2D eigenvalue weighted by Crippen LogP contribution is -2.53. The molecular formula is C31H39N3O5S. The van der Waals surface area contributed by atoms with E-state index in [1.54, 1.807) is 36.4 Å². The fourth-order valence-corrected chi connectivity index (χ4v) is 5.79. The number of carbonyl (C=O) groups excluding carboxylic acids is 2. The van der Waals surface area contributed by atoms with Crippen LogP contribution in [0.4, 0.5) is 5.69 Å². The second-order valence-electron chi connectivity index (χ2n) is 9.56. The second kappa shape index (κ2) is 14.5. The molecule has 0 spiro atoms. The largest absolute Gasteiger partial charge is 0.497 e. The summed E-state index contributed by atoms with van der Waals surface area (Å²) >= 11 is 0. The van der Waals surface area contributed by atoms with Crippen LogP contribution in [0.1, 0.15) is 37.8 Å². The van der Waals surface area contributed by atoms with Gasteiger partial charge < -0.3 is 15.0 Å². The predicted molar refractivity (Wildman–Crippen MR) is 158 cm³/mol. The smallest absolute Gasteiger partial charge is 0.264 e. The Bertz CT molecular complexity index is 1340. The molecule has 0 heterocycles. The fourth-order valence-electron chi connectivity index (χ4n) is 4.38. The highest BCUT2D eigenvalue weighted by molar-refractivity contribution is 7.92. The van der Waals surface area contributed by atoms with Crippen LogP contribution < -0.4 is 14.4 Å². The van der Waals surface area contributed by atoms with Gasteiger partial charge in [0.1, 0.15) is 18.3 Å². The number of carbonyl (C=O) groups is 2. The zero-order valence-corrected chi connectivity index (χ0v) is 24.5. The van der Waals surface area contributed by atoms with Crippen molar-refractivity contribution in [3.05, 3.63) is 90.0 Å². The van der Waals surface area contributed by atoms with Gasteiger partial charge in [0.15, 0.2) is 0 Å². The van der Waals surface area contributed by atoms with Gasteiger partial charge in [-0.25, -0.2) is 8.42 Å². The van der Waals surface area contributed by atoms with E-state index in [1.807, 2.05) is 51.1 Å². The van der Waals surface area contributed by atoms with Crippen molar-refractivity contribution < 1.29 is 22.7 Å². The van der Waals surface area contributed by atoms with Crippen LogP contribution in [-0.4, -0.2) is 57.9 Å². The first-order valence-corrected chi connectivity index (χ1v) is 15.0. The summed E-state index contributed by atoms with van der Waals surface area (Å²) in [6, 6.07) is 22.0. The third kappa shape index (κ3) is 7.85. The molecule has 8 nitrogen and oxygen atoms in total. The summed E-state index contributed by atoms with van der Waals surface area (Å²) < 4.78 is 34.1. The van der Waals surface area contributed by atoms with E-state index >= 15 is 0 Å². The first-order valence-electron chi connectivity index (χ1n) is 13.6. The Kier molecular flexibility index (Phi) is 11.1. The van der Waals surface area contributed by atoms with Crippen LogP contribution in [0.15, 0.2) is 83.8 Å². The van der Waals surface area contributed by atoms with Crippen molar-refractivity contribution in [1.82, 2.24) is 10.2 Å². The highest BCUT2D eigenvalue weighted by Crippen LogP contribution is 2.26. The zero-order chi connectivity index (χ0) is 29.1. The highest BCUT2D eigenvalue weighted by Gasteiger charge is 2.33. The first kappa shape index (κ1) is 30.7. The number of sulfonamides is 1. The molecule has 214 valence electrons. The summed E-state index contributed by atoms with van der Waals surface area (Å²) in [6.07, 6.45) is 1.69. The number of methoxy groups -OCH3 is 1. The lowest BCUT2D eigenvalue weighted by Gasteiger charge is -2.33. The molecule has 0 aliphatic carbocycles. The van der Waals surface area contributed by atoms with Crippen molar-refractivity contribution >= 4 is 27.5 Å². The first-order chi connectivity index (χ1) is 19.2. The lowest BCUT2D eigenvalue weighted by atomic mass is 10.1. The highest BCUT2D eigenvalue weighted by atomic mass is 32.2. The molecule has 1 N–H and O–H groups in total. The van der Waals surface area contributed by atoms with Gasteiger partial charge in [0.25, 0.3) is 10.0 Å². The Labute approximate surface area is 238 Å². The molecule has 0 saturated heterocycles. The zero-order valence-electron chi connectivity index (χ0n) is 23.7. The van der Waals surface area contributed by atoms with Crippen LogP contribution in [0.2, 0.25) is 0 Å². The molecular weight excluding hydrogens is 526 g/mol. The van der Waals surface area contributed by atoms with E-state index in [-0.39, 0.29) is 17.3 Å². The fraction of sp³-hybridized carbons (Fsp3) is 0.355. The number of rotatable bonds is 14. The van der Waals surface area contributed by atoms with E-state index in [9.17, 15) is 18.0 Å². The number of nitrogens with one attached hydrogen (secondary N) is 1. The van der Waals surface area contributed by atoms with Crippen LogP contribution in [0, 0.1) is 6.92 Å². The predicted octanol–water partition coefficient (Wildman–Crippen LogP) is 4.58. The van der Waals surface area contributed by atoms with Crippen molar-refractivity contribution in [2.24, 2.45) is 0 Å². The quantitative estimate of drug-likeness (QED) is 0.309. The monoisotopic (exact) mass is 565 g/mol. The molecule has 0 fully saturated rings.